The second kappa shape index (κ2) is 7.57. The molecule has 10 rings (SSSR count). The Hall–Kier alpha value is -2.87. The van der Waals surface area contributed by atoms with Crippen LogP contribution in [0.2, 0.25) is 0 Å². The molecule has 3 atom stereocenters. The Morgan fingerprint density at radius 1 is 0.722 bits per heavy atom. The van der Waals surface area contributed by atoms with E-state index in [0.29, 0.717) is 17.9 Å². The second-order valence-electron chi connectivity index (χ2n) is 12.8. The summed E-state index contributed by atoms with van der Waals surface area (Å²) in [6.45, 7) is 0.616. The van der Waals surface area contributed by atoms with Crippen LogP contribution in [-0.2, 0) is 14.9 Å². The molecule has 0 N–H and O–H groups in total. The van der Waals surface area contributed by atoms with E-state index in [-0.39, 0.29) is 23.2 Å². The van der Waals surface area contributed by atoms with Crippen LogP contribution in [0.4, 0.5) is 0 Å². The lowest BCUT2D eigenvalue weighted by Crippen LogP contribution is -2.55. The van der Waals surface area contributed by atoms with Gasteiger partial charge in [0.1, 0.15) is 0 Å². The SMILES string of the molecule is O=C(OCC12CC3CC(C1)CC(c1ccccc1)(C3)C2)C1CC2c3ccccc3C1c1ccccc12. The van der Waals surface area contributed by atoms with Gasteiger partial charge in [-0.25, -0.2) is 0 Å². The van der Waals surface area contributed by atoms with Gasteiger partial charge in [0, 0.05) is 17.3 Å². The largest absolute Gasteiger partial charge is 0.465 e. The molecule has 0 aromatic heterocycles. The molecule has 0 spiro atoms. The highest BCUT2D eigenvalue weighted by Gasteiger charge is 2.58. The van der Waals surface area contributed by atoms with Gasteiger partial charge in [-0.2, -0.15) is 0 Å². The number of carbonyl (C=O) groups excluding carboxylic acids is 1. The Bertz CT molecular complexity index is 1280. The van der Waals surface area contributed by atoms with Gasteiger partial charge in [-0.3, -0.25) is 4.79 Å². The number of ether oxygens (including phenoxy) is 1. The van der Waals surface area contributed by atoms with Crippen LogP contribution in [-0.4, -0.2) is 12.6 Å². The minimum absolute atomic E-state index is 0.0403. The van der Waals surface area contributed by atoms with Crippen LogP contribution in [0.3, 0.4) is 0 Å². The molecule has 0 radical (unpaired) electrons. The number of fused-ring (bicyclic) bond motifs is 1. The molecule has 182 valence electrons. The molecule has 2 heteroatoms. The van der Waals surface area contributed by atoms with Crippen molar-refractivity contribution in [3.05, 3.63) is 107 Å². The molecule has 4 fully saturated rings. The molecular formula is C34H34O2. The predicted molar refractivity (Wildman–Crippen MR) is 141 cm³/mol. The molecule has 3 aromatic carbocycles. The third-order valence-electron chi connectivity index (χ3n) is 10.7. The first-order valence-electron chi connectivity index (χ1n) is 14.0. The van der Waals surface area contributed by atoms with Crippen molar-refractivity contribution in [1.29, 1.82) is 0 Å². The van der Waals surface area contributed by atoms with Gasteiger partial charge < -0.3 is 4.74 Å². The number of rotatable bonds is 4. The molecule has 7 aliphatic carbocycles. The van der Waals surface area contributed by atoms with Crippen molar-refractivity contribution in [2.45, 2.75) is 62.2 Å². The van der Waals surface area contributed by atoms with E-state index in [1.807, 2.05) is 0 Å². The fourth-order valence-corrected chi connectivity index (χ4v) is 9.95. The topological polar surface area (TPSA) is 26.3 Å². The van der Waals surface area contributed by atoms with Crippen molar-refractivity contribution in [3.63, 3.8) is 0 Å². The van der Waals surface area contributed by atoms with Gasteiger partial charge in [0.2, 0.25) is 0 Å². The van der Waals surface area contributed by atoms with Gasteiger partial charge in [-0.05, 0) is 90.0 Å². The monoisotopic (exact) mass is 474 g/mol. The van der Waals surface area contributed by atoms with E-state index in [2.05, 4.69) is 78.9 Å². The van der Waals surface area contributed by atoms with E-state index in [4.69, 9.17) is 4.74 Å². The van der Waals surface area contributed by atoms with Crippen LogP contribution in [0.25, 0.3) is 0 Å². The van der Waals surface area contributed by atoms with Crippen LogP contribution >= 0.6 is 0 Å². The van der Waals surface area contributed by atoms with E-state index < -0.39 is 0 Å². The standard InChI is InChI=1S/C34H34O2/c35-32(30-15-29-25-10-4-6-12-27(25)31(30)28-13-7-5-11-26(28)29)36-21-33-16-22-14-23(17-33)19-34(18-22,20-33)24-8-2-1-3-9-24/h1-13,22-23,29-31H,14-21H2. The zero-order valence-electron chi connectivity index (χ0n) is 20.9. The summed E-state index contributed by atoms with van der Waals surface area (Å²) in [5.74, 6) is 1.97. The van der Waals surface area contributed by atoms with Crippen molar-refractivity contribution in [3.8, 4) is 0 Å². The number of benzene rings is 3. The van der Waals surface area contributed by atoms with Gasteiger partial charge in [0.15, 0.2) is 0 Å². The molecule has 3 unspecified atom stereocenters. The summed E-state index contributed by atoms with van der Waals surface area (Å²) >= 11 is 0. The molecule has 2 nitrogen and oxygen atoms in total. The van der Waals surface area contributed by atoms with Crippen LogP contribution < -0.4 is 0 Å². The fourth-order valence-electron chi connectivity index (χ4n) is 9.95. The van der Waals surface area contributed by atoms with Crippen LogP contribution in [0.15, 0.2) is 78.9 Å². The van der Waals surface area contributed by atoms with E-state index >= 15 is 0 Å². The molecule has 0 heterocycles. The lowest BCUT2D eigenvalue weighted by molar-refractivity contribution is -0.163. The summed E-state index contributed by atoms with van der Waals surface area (Å²) in [5.41, 5.74) is 7.48. The Kier molecular flexibility index (Phi) is 4.47. The molecule has 4 saturated carbocycles. The van der Waals surface area contributed by atoms with Crippen LogP contribution in [0.1, 0.15) is 84.6 Å². The first-order chi connectivity index (χ1) is 17.6. The Balaban J connectivity index is 1.07. The van der Waals surface area contributed by atoms with E-state index in [0.717, 1.165) is 18.3 Å². The van der Waals surface area contributed by atoms with Crippen molar-refractivity contribution in [1.82, 2.24) is 0 Å². The van der Waals surface area contributed by atoms with Crippen molar-refractivity contribution in [2.24, 2.45) is 23.2 Å². The lowest BCUT2D eigenvalue weighted by Gasteiger charge is -2.62. The van der Waals surface area contributed by atoms with Crippen LogP contribution in [0.5, 0.6) is 0 Å². The molecule has 3 aromatic rings. The molecule has 6 bridgehead atoms. The second-order valence-corrected chi connectivity index (χ2v) is 12.8. The minimum atomic E-state index is -0.0724. The number of esters is 1. The Morgan fingerprint density at radius 3 is 1.94 bits per heavy atom. The maximum Gasteiger partial charge on any atom is 0.309 e. The van der Waals surface area contributed by atoms with Gasteiger partial charge >= 0.3 is 5.97 Å². The molecule has 0 amide bonds. The van der Waals surface area contributed by atoms with E-state index in [9.17, 15) is 4.79 Å². The average Bonchev–Trinajstić information content (AvgIpc) is 2.91. The van der Waals surface area contributed by atoms with Crippen molar-refractivity contribution in [2.75, 3.05) is 6.61 Å². The summed E-state index contributed by atoms with van der Waals surface area (Å²) in [7, 11) is 0. The van der Waals surface area contributed by atoms with Gasteiger partial charge in [-0.1, -0.05) is 78.9 Å². The highest BCUT2D eigenvalue weighted by atomic mass is 16.5. The maximum absolute atomic E-state index is 13.8. The van der Waals surface area contributed by atoms with Crippen molar-refractivity contribution >= 4 is 5.97 Å². The maximum atomic E-state index is 13.8. The van der Waals surface area contributed by atoms with E-state index in [1.165, 1.54) is 66.3 Å². The summed E-state index contributed by atoms with van der Waals surface area (Å²) in [4.78, 5) is 13.8. The lowest BCUT2D eigenvalue weighted by atomic mass is 9.43. The average molecular weight is 475 g/mol. The molecule has 7 aliphatic rings. The molecule has 36 heavy (non-hydrogen) atoms. The van der Waals surface area contributed by atoms with Gasteiger partial charge in [0.05, 0.1) is 12.5 Å². The zero-order valence-corrected chi connectivity index (χ0v) is 20.9. The number of hydrogen-bond donors (Lipinski definition) is 0. The highest BCUT2D eigenvalue weighted by Crippen LogP contribution is 2.66. The molecular weight excluding hydrogens is 440 g/mol. The highest BCUT2D eigenvalue weighted by molar-refractivity contribution is 5.77. The Labute approximate surface area is 214 Å². The first kappa shape index (κ1) is 21.2. The van der Waals surface area contributed by atoms with Crippen molar-refractivity contribution < 1.29 is 9.53 Å². The zero-order chi connectivity index (χ0) is 23.9. The third-order valence-corrected chi connectivity index (χ3v) is 10.7. The number of carbonyl (C=O) groups is 1. The van der Waals surface area contributed by atoms with Gasteiger partial charge in [0.25, 0.3) is 0 Å². The normalized spacial score (nSPS) is 36.8. The fraction of sp³-hybridized carbons (Fsp3) is 0.441. The molecule has 0 saturated heterocycles. The smallest absolute Gasteiger partial charge is 0.309 e. The first-order valence-corrected chi connectivity index (χ1v) is 14.0. The Morgan fingerprint density at radius 2 is 1.31 bits per heavy atom. The minimum Gasteiger partial charge on any atom is -0.465 e. The van der Waals surface area contributed by atoms with Gasteiger partial charge in [-0.15, -0.1) is 0 Å². The van der Waals surface area contributed by atoms with E-state index in [1.54, 1.807) is 0 Å². The summed E-state index contributed by atoms with van der Waals surface area (Å²) in [5, 5.41) is 0. The predicted octanol–water partition coefficient (Wildman–Crippen LogP) is 7.37. The quantitative estimate of drug-likeness (QED) is 0.369. The summed E-state index contributed by atoms with van der Waals surface area (Å²) in [6.07, 6.45) is 8.58. The summed E-state index contributed by atoms with van der Waals surface area (Å²) in [6, 6.07) is 28.8. The summed E-state index contributed by atoms with van der Waals surface area (Å²) < 4.78 is 6.39. The number of hydrogen-bond acceptors (Lipinski definition) is 2. The van der Waals surface area contributed by atoms with Crippen LogP contribution in [0, 0.1) is 23.2 Å². The third kappa shape index (κ3) is 3.00. The molecule has 0 aliphatic heterocycles.